The highest BCUT2D eigenvalue weighted by Gasteiger charge is 2.07. The van der Waals surface area contributed by atoms with Crippen LogP contribution in [-0.4, -0.2) is 0 Å². The van der Waals surface area contributed by atoms with Crippen LogP contribution in [-0.2, 0) is 0 Å². The van der Waals surface area contributed by atoms with Gasteiger partial charge < -0.3 is 4.42 Å². The molecule has 0 amide bonds. The van der Waals surface area contributed by atoms with E-state index < -0.39 is 0 Å². The van der Waals surface area contributed by atoms with E-state index in [9.17, 15) is 4.39 Å². The van der Waals surface area contributed by atoms with Crippen LogP contribution >= 0.6 is 0 Å². The molecule has 1 heterocycles. The first-order valence-electron chi connectivity index (χ1n) is 4.36. The fraction of sp³-hybridized carbons (Fsp3) is 0.273. The molecular weight excluding hydrogens is 167 g/mol. The maximum Gasteiger partial charge on any atom is 0.137 e. The first-order valence-corrected chi connectivity index (χ1v) is 4.36. The molecule has 68 valence electrons. The van der Waals surface area contributed by atoms with Crippen LogP contribution in [0.1, 0.15) is 25.5 Å². The lowest BCUT2D eigenvalue weighted by Gasteiger charge is -1.95. The minimum absolute atomic E-state index is 0.253. The summed E-state index contributed by atoms with van der Waals surface area (Å²) < 4.78 is 18.3. The van der Waals surface area contributed by atoms with Gasteiger partial charge in [0.15, 0.2) is 0 Å². The molecule has 0 saturated heterocycles. The number of hydrogen-bond acceptors (Lipinski definition) is 1. The maximum atomic E-state index is 12.8. The Kier molecular flexibility index (Phi) is 1.83. The van der Waals surface area contributed by atoms with Crippen LogP contribution in [0, 0.1) is 5.82 Å². The van der Waals surface area contributed by atoms with Crippen LogP contribution in [0.15, 0.2) is 28.7 Å². The van der Waals surface area contributed by atoms with Gasteiger partial charge in [-0.05, 0) is 18.2 Å². The van der Waals surface area contributed by atoms with Gasteiger partial charge in [0.2, 0.25) is 0 Å². The summed E-state index contributed by atoms with van der Waals surface area (Å²) in [5.74, 6) is 0.994. The minimum Gasteiger partial charge on any atom is -0.461 e. The minimum atomic E-state index is -0.253. The Morgan fingerprint density at radius 3 is 2.69 bits per heavy atom. The van der Waals surface area contributed by atoms with E-state index in [4.69, 9.17) is 4.42 Å². The molecule has 0 atom stereocenters. The van der Waals surface area contributed by atoms with Crippen molar-refractivity contribution >= 4 is 11.0 Å². The van der Waals surface area contributed by atoms with Crippen LogP contribution in [0.25, 0.3) is 11.0 Å². The Hall–Kier alpha value is -1.31. The van der Waals surface area contributed by atoms with Gasteiger partial charge in [-0.15, -0.1) is 0 Å². The first kappa shape index (κ1) is 8.30. The molecule has 0 fully saturated rings. The molecule has 13 heavy (non-hydrogen) atoms. The summed E-state index contributed by atoms with van der Waals surface area (Å²) in [6, 6.07) is 6.56. The second-order valence-corrected chi connectivity index (χ2v) is 3.49. The third-order valence-electron chi connectivity index (χ3n) is 2.07. The third kappa shape index (κ3) is 1.44. The van der Waals surface area contributed by atoms with Gasteiger partial charge in [0.05, 0.1) is 0 Å². The zero-order valence-corrected chi connectivity index (χ0v) is 7.67. The molecule has 0 aliphatic rings. The van der Waals surface area contributed by atoms with E-state index in [0.29, 0.717) is 11.5 Å². The lowest BCUT2D eigenvalue weighted by atomic mass is 10.1. The van der Waals surface area contributed by atoms with Crippen molar-refractivity contribution in [2.75, 3.05) is 0 Å². The van der Waals surface area contributed by atoms with Crippen molar-refractivity contribution in [1.29, 1.82) is 0 Å². The first-order chi connectivity index (χ1) is 6.16. The Morgan fingerprint density at radius 1 is 1.23 bits per heavy atom. The second kappa shape index (κ2) is 2.87. The number of hydrogen-bond donors (Lipinski definition) is 0. The lowest BCUT2D eigenvalue weighted by Crippen LogP contribution is -1.79. The normalized spacial score (nSPS) is 11.4. The van der Waals surface area contributed by atoms with Crippen LogP contribution < -0.4 is 0 Å². The Balaban J connectivity index is 2.62. The number of benzene rings is 1. The number of fused-ring (bicyclic) bond motifs is 1. The number of rotatable bonds is 1. The van der Waals surface area contributed by atoms with Crippen LogP contribution in [0.2, 0.25) is 0 Å². The summed E-state index contributed by atoms with van der Waals surface area (Å²) in [5, 5.41) is 0.963. The summed E-state index contributed by atoms with van der Waals surface area (Å²) in [6.45, 7) is 4.10. The monoisotopic (exact) mass is 178 g/mol. The maximum absolute atomic E-state index is 12.8. The van der Waals surface area contributed by atoms with Gasteiger partial charge in [0.25, 0.3) is 0 Å². The molecule has 0 aliphatic heterocycles. The summed E-state index contributed by atoms with van der Waals surface area (Å²) in [6.07, 6.45) is 0. The van der Waals surface area contributed by atoms with Crippen LogP contribution in [0.5, 0.6) is 0 Å². The van der Waals surface area contributed by atoms with Crippen molar-refractivity contribution < 1.29 is 8.81 Å². The SMILES string of the molecule is CC(C)c1cc2ccc(F)cc2o1. The zero-order chi connectivity index (χ0) is 9.42. The molecule has 1 aromatic heterocycles. The third-order valence-corrected chi connectivity index (χ3v) is 2.07. The van der Waals surface area contributed by atoms with Gasteiger partial charge in [-0.1, -0.05) is 13.8 Å². The Bertz CT molecular complexity index is 429. The van der Waals surface area contributed by atoms with Crippen LogP contribution in [0.4, 0.5) is 4.39 Å². The van der Waals surface area contributed by atoms with E-state index in [-0.39, 0.29) is 5.82 Å². The van der Waals surface area contributed by atoms with E-state index in [1.165, 1.54) is 12.1 Å². The van der Waals surface area contributed by atoms with Gasteiger partial charge in [-0.3, -0.25) is 0 Å². The van der Waals surface area contributed by atoms with Gasteiger partial charge >= 0.3 is 0 Å². The van der Waals surface area contributed by atoms with Crippen molar-refractivity contribution in [2.24, 2.45) is 0 Å². The topological polar surface area (TPSA) is 13.1 Å². The number of halogens is 1. The molecule has 0 bridgehead atoms. The van der Waals surface area contributed by atoms with Gasteiger partial charge in [-0.2, -0.15) is 0 Å². The van der Waals surface area contributed by atoms with E-state index >= 15 is 0 Å². The largest absolute Gasteiger partial charge is 0.461 e. The average molecular weight is 178 g/mol. The van der Waals surface area contributed by atoms with E-state index in [0.717, 1.165) is 11.1 Å². The lowest BCUT2D eigenvalue weighted by molar-refractivity contribution is 0.519. The Labute approximate surface area is 76.2 Å². The molecule has 0 saturated carbocycles. The van der Waals surface area contributed by atoms with E-state index in [1.54, 1.807) is 6.07 Å². The van der Waals surface area contributed by atoms with E-state index in [2.05, 4.69) is 0 Å². The van der Waals surface area contributed by atoms with Crippen molar-refractivity contribution in [3.05, 3.63) is 35.8 Å². The van der Waals surface area contributed by atoms with Crippen LogP contribution in [0.3, 0.4) is 0 Å². The highest BCUT2D eigenvalue weighted by Crippen LogP contribution is 2.24. The summed E-state index contributed by atoms with van der Waals surface area (Å²) in [5.41, 5.74) is 0.628. The molecule has 0 spiro atoms. The van der Waals surface area contributed by atoms with Gasteiger partial charge in [-0.25, -0.2) is 4.39 Å². The highest BCUT2D eigenvalue weighted by atomic mass is 19.1. The predicted octanol–water partition coefficient (Wildman–Crippen LogP) is 3.70. The molecule has 0 radical (unpaired) electrons. The van der Waals surface area contributed by atoms with Crippen molar-refractivity contribution in [2.45, 2.75) is 19.8 Å². The fourth-order valence-electron chi connectivity index (χ4n) is 1.31. The Morgan fingerprint density at radius 2 is 2.00 bits per heavy atom. The average Bonchev–Trinajstić information content (AvgIpc) is 2.46. The summed E-state index contributed by atoms with van der Waals surface area (Å²) in [4.78, 5) is 0. The predicted molar refractivity (Wildman–Crippen MR) is 50.3 cm³/mol. The fourth-order valence-corrected chi connectivity index (χ4v) is 1.31. The van der Waals surface area contributed by atoms with Gasteiger partial charge in [0.1, 0.15) is 17.2 Å². The smallest absolute Gasteiger partial charge is 0.137 e. The summed E-state index contributed by atoms with van der Waals surface area (Å²) in [7, 11) is 0. The zero-order valence-electron chi connectivity index (χ0n) is 7.67. The van der Waals surface area contributed by atoms with Crippen molar-refractivity contribution in [1.82, 2.24) is 0 Å². The molecule has 0 N–H and O–H groups in total. The molecule has 1 aromatic carbocycles. The van der Waals surface area contributed by atoms with Crippen molar-refractivity contribution in [3.8, 4) is 0 Å². The molecule has 1 nitrogen and oxygen atoms in total. The second-order valence-electron chi connectivity index (χ2n) is 3.49. The standard InChI is InChI=1S/C11H11FO/c1-7(2)10-5-8-3-4-9(12)6-11(8)13-10/h3-7H,1-2H3. The molecular formula is C11H11FO. The molecule has 2 heteroatoms. The van der Waals surface area contributed by atoms with Crippen molar-refractivity contribution in [3.63, 3.8) is 0 Å². The molecule has 2 aromatic rings. The number of furan rings is 1. The molecule has 0 aliphatic carbocycles. The van der Waals surface area contributed by atoms with Gasteiger partial charge in [0, 0.05) is 17.4 Å². The quantitative estimate of drug-likeness (QED) is 0.649. The van der Waals surface area contributed by atoms with E-state index in [1.807, 2.05) is 19.9 Å². The highest BCUT2D eigenvalue weighted by molar-refractivity contribution is 5.77. The molecule has 0 unspecified atom stereocenters. The molecule has 2 rings (SSSR count). The summed E-state index contributed by atoms with van der Waals surface area (Å²) >= 11 is 0.